The van der Waals surface area contributed by atoms with Gasteiger partial charge in [0.1, 0.15) is 0 Å². The lowest BCUT2D eigenvalue weighted by molar-refractivity contribution is 1.30. The smallest absolute Gasteiger partial charge is 0.0546 e. The topological polar surface area (TPSA) is 3.24 Å². The molecular formula is C60H39NS. The molecule has 0 saturated carbocycles. The maximum Gasteiger partial charge on any atom is 0.0546 e. The van der Waals surface area contributed by atoms with Crippen LogP contribution in [0.15, 0.2) is 237 Å². The first-order valence-corrected chi connectivity index (χ1v) is 22.1. The van der Waals surface area contributed by atoms with Crippen LogP contribution in [0.4, 0.5) is 17.1 Å². The van der Waals surface area contributed by atoms with Crippen LogP contribution in [-0.4, -0.2) is 0 Å². The number of thiophene rings is 1. The van der Waals surface area contributed by atoms with Crippen molar-refractivity contribution < 1.29 is 0 Å². The molecule has 12 aromatic rings. The number of rotatable bonds is 7. The van der Waals surface area contributed by atoms with Crippen LogP contribution in [0, 0.1) is 0 Å². The lowest BCUT2D eigenvalue weighted by Crippen LogP contribution is -2.10. The SMILES string of the molecule is c1ccc(-c2ccc(N(c3ccc(-c4cccc(-c5cccc6c5sc5c(-c7cccc8ccccc78)cccc56)c4)cc3)c3cc4ccccc4c4ccccc34)cc2)cc1. The van der Waals surface area contributed by atoms with Gasteiger partial charge in [-0.2, -0.15) is 0 Å². The molecule has 0 aliphatic heterocycles. The van der Waals surface area contributed by atoms with Crippen molar-refractivity contribution in [2.24, 2.45) is 0 Å². The standard InChI is InChI=1S/C60H39NS/c1-2-14-40(15-3-1)41-30-34-47(35-31-41)61(58-39-46-17-5-7-22-50(46)52-23-8-9-24-54(52)58)48-36-32-42(33-37-48)44-19-10-20-45(38-44)51-25-12-28-56-57-29-13-27-55(60(57)62-59(51)56)53-26-11-18-43-16-4-6-21-49(43)53/h1-39H. The summed E-state index contributed by atoms with van der Waals surface area (Å²) >= 11 is 1.91. The van der Waals surface area contributed by atoms with Gasteiger partial charge in [-0.25, -0.2) is 0 Å². The van der Waals surface area contributed by atoms with Crippen LogP contribution in [-0.2, 0) is 0 Å². The van der Waals surface area contributed by atoms with Crippen molar-refractivity contribution in [1.82, 2.24) is 0 Å². The highest BCUT2D eigenvalue weighted by atomic mass is 32.1. The molecule has 0 saturated heterocycles. The molecule has 0 aliphatic rings. The van der Waals surface area contributed by atoms with Crippen molar-refractivity contribution in [3.8, 4) is 44.5 Å². The molecule has 2 heteroatoms. The zero-order chi connectivity index (χ0) is 41.0. The summed E-state index contributed by atoms with van der Waals surface area (Å²) in [6.45, 7) is 0. The van der Waals surface area contributed by atoms with Crippen molar-refractivity contribution in [3.05, 3.63) is 237 Å². The normalized spacial score (nSPS) is 11.5. The molecule has 0 spiro atoms. The Morgan fingerprint density at radius 2 is 0.726 bits per heavy atom. The molecular weight excluding hydrogens is 767 g/mol. The highest BCUT2D eigenvalue weighted by Crippen LogP contribution is 2.46. The minimum Gasteiger partial charge on any atom is -0.310 e. The van der Waals surface area contributed by atoms with Gasteiger partial charge in [-0.15, -0.1) is 11.3 Å². The lowest BCUT2D eigenvalue weighted by Gasteiger charge is -2.28. The number of hydrogen-bond acceptors (Lipinski definition) is 2. The fraction of sp³-hybridized carbons (Fsp3) is 0. The van der Waals surface area contributed by atoms with Gasteiger partial charge in [-0.05, 0) is 102 Å². The third-order valence-electron chi connectivity index (χ3n) is 12.5. The Morgan fingerprint density at radius 1 is 0.258 bits per heavy atom. The summed E-state index contributed by atoms with van der Waals surface area (Å²) in [5, 5.41) is 10.1. The zero-order valence-corrected chi connectivity index (χ0v) is 34.7. The minimum absolute atomic E-state index is 1.11. The summed E-state index contributed by atoms with van der Waals surface area (Å²) in [5.41, 5.74) is 13.2. The second-order valence-electron chi connectivity index (χ2n) is 16.0. The largest absolute Gasteiger partial charge is 0.310 e. The number of hydrogen-bond donors (Lipinski definition) is 0. The number of anilines is 3. The van der Waals surface area contributed by atoms with Crippen LogP contribution in [0.2, 0.25) is 0 Å². The van der Waals surface area contributed by atoms with E-state index in [0.29, 0.717) is 0 Å². The molecule has 1 heterocycles. The molecule has 0 N–H and O–H groups in total. The fourth-order valence-corrected chi connectivity index (χ4v) is 10.8. The van der Waals surface area contributed by atoms with Gasteiger partial charge < -0.3 is 4.90 Å². The second kappa shape index (κ2) is 15.0. The molecule has 0 fully saturated rings. The molecule has 0 unspecified atom stereocenters. The third kappa shape index (κ3) is 6.15. The van der Waals surface area contributed by atoms with Crippen LogP contribution in [0.3, 0.4) is 0 Å². The molecule has 0 amide bonds. The second-order valence-corrected chi connectivity index (χ2v) is 17.1. The van der Waals surface area contributed by atoms with E-state index in [4.69, 9.17) is 0 Å². The monoisotopic (exact) mass is 805 g/mol. The van der Waals surface area contributed by atoms with E-state index in [-0.39, 0.29) is 0 Å². The summed E-state index contributed by atoms with van der Waals surface area (Å²) in [7, 11) is 0. The summed E-state index contributed by atoms with van der Waals surface area (Å²) in [5.74, 6) is 0. The van der Waals surface area contributed by atoms with Crippen molar-refractivity contribution in [2.75, 3.05) is 4.90 Å². The third-order valence-corrected chi connectivity index (χ3v) is 13.7. The van der Waals surface area contributed by atoms with Crippen LogP contribution in [0.1, 0.15) is 0 Å². The molecule has 12 rings (SSSR count). The molecule has 290 valence electrons. The van der Waals surface area contributed by atoms with Gasteiger partial charge in [0.05, 0.1) is 5.69 Å². The Bertz CT molecular complexity index is 3610. The number of nitrogens with zero attached hydrogens (tertiary/aromatic N) is 1. The molecule has 0 radical (unpaired) electrons. The molecule has 0 atom stereocenters. The quantitative estimate of drug-likeness (QED) is 0.145. The highest BCUT2D eigenvalue weighted by Gasteiger charge is 2.19. The molecule has 62 heavy (non-hydrogen) atoms. The zero-order valence-electron chi connectivity index (χ0n) is 33.9. The predicted octanol–water partition coefficient (Wildman–Crippen LogP) is 17.7. The summed E-state index contributed by atoms with van der Waals surface area (Å²) in [6, 6.07) is 86.5. The molecule has 0 aliphatic carbocycles. The number of benzene rings is 11. The van der Waals surface area contributed by atoms with Crippen LogP contribution >= 0.6 is 11.3 Å². The van der Waals surface area contributed by atoms with Gasteiger partial charge in [0, 0.05) is 42.5 Å². The van der Waals surface area contributed by atoms with Gasteiger partial charge in [0.25, 0.3) is 0 Å². The molecule has 1 aromatic heterocycles. The van der Waals surface area contributed by atoms with E-state index in [1.807, 2.05) is 11.3 Å². The molecule has 0 bridgehead atoms. The van der Waals surface area contributed by atoms with E-state index in [2.05, 4.69) is 241 Å². The average Bonchev–Trinajstić information content (AvgIpc) is 3.74. The van der Waals surface area contributed by atoms with Crippen molar-refractivity contribution in [2.45, 2.75) is 0 Å². The van der Waals surface area contributed by atoms with E-state index in [9.17, 15) is 0 Å². The van der Waals surface area contributed by atoms with E-state index < -0.39 is 0 Å². The van der Waals surface area contributed by atoms with E-state index in [1.54, 1.807) is 0 Å². The van der Waals surface area contributed by atoms with Gasteiger partial charge >= 0.3 is 0 Å². The highest BCUT2D eigenvalue weighted by molar-refractivity contribution is 7.26. The fourth-order valence-electron chi connectivity index (χ4n) is 9.47. The lowest BCUT2D eigenvalue weighted by atomic mass is 9.96. The van der Waals surface area contributed by atoms with Crippen LogP contribution < -0.4 is 4.90 Å². The van der Waals surface area contributed by atoms with Crippen LogP contribution in [0.5, 0.6) is 0 Å². The van der Waals surface area contributed by atoms with Gasteiger partial charge in [0.2, 0.25) is 0 Å². The molecule has 11 aromatic carbocycles. The minimum atomic E-state index is 1.11. The Labute approximate surface area is 365 Å². The average molecular weight is 806 g/mol. The van der Waals surface area contributed by atoms with E-state index in [0.717, 1.165) is 17.1 Å². The first kappa shape index (κ1) is 36.1. The van der Waals surface area contributed by atoms with Gasteiger partial charge in [-0.1, -0.05) is 200 Å². The Kier molecular flexibility index (Phi) is 8.76. The van der Waals surface area contributed by atoms with Crippen LogP contribution in [0.25, 0.3) is 97.0 Å². The maximum absolute atomic E-state index is 2.42. The number of fused-ring (bicyclic) bond motifs is 7. The van der Waals surface area contributed by atoms with Crippen molar-refractivity contribution in [1.29, 1.82) is 0 Å². The van der Waals surface area contributed by atoms with E-state index >= 15 is 0 Å². The maximum atomic E-state index is 2.42. The first-order valence-electron chi connectivity index (χ1n) is 21.2. The van der Waals surface area contributed by atoms with Gasteiger partial charge in [-0.3, -0.25) is 0 Å². The van der Waals surface area contributed by atoms with Crippen molar-refractivity contribution in [3.63, 3.8) is 0 Å². The van der Waals surface area contributed by atoms with Crippen molar-refractivity contribution >= 4 is 80.9 Å². The summed E-state index contributed by atoms with van der Waals surface area (Å²) < 4.78 is 2.65. The first-order chi connectivity index (χ1) is 30.7. The predicted molar refractivity (Wildman–Crippen MR) is 268 cm³/mol. The van der Waals surface area contributed by atoms with Gasteiger partial charge in [0.15, 0.2) is 0 Å². The van der Waals surface area contributed by atoms with E-state index in [1.165, 1.54) is 97.0 Å². The molecule has 1 nitrogen and oxygen atoms in total. The Hall–Kier alpha value is -7.78. The Balaban J connectivity index is 0.948. The summed E-state index contributed by atoms with van der Waals surface area (Å²) in [4.78, 5) is 2.42. The summed E-state index contributed by atoms with van der Waals surface area (Å²) in [6.07, 6.45) is 0. The Morgan fingerprint density at radius 3 is 1.47 bits per heavy atom.